The van der Waals surface area contributed by atoms with E-state index in [-0.39, 0.29) is 0 Å². The molecule has 18 heavy (non-hydrogen) atoms. The standard InChI is InChI=1S/C14H22N2.C2H6/c1-4-12-6-8-16(10-12)14-9-13(11(2)3)5-7-15-14;1-2/h5,7,9,11-12H,4,6,8,10H2,1-3H3;1-2H3. The number of hydrogen-bond donors (Lipinski definition) is 0. The minimum Gasteiger partial charge on any atom is -0.356 e. The summed E-state index contributed by atoms with van der Waals surface area (Å²) >= 11 is 0. The van der Waals surface area contributed by atoms with Crippen LogP contribution in [0.4, 0.5) is 5.82 Å². The van der Waals surface area contributed by atoms with Gasteiger partial charge in [-0.3, -0.25) is 0 Å². The Kier molecular flexibility index (Phi) is 6.17. The van der Waals surface area contributed by atoms with Gasteiger partial charge in [0.05, 0.1) is 0 Å². The van der Waals surface area contributed by atoms with Crippen LogP contribution < -0.4 is 4.90 Å². The van der Waals surface area contributed by atoms with Crippen LogP contribution in [0.1, 0.15) is 58.9 Å². The number of rotatable bonds is 3. The molecule has 1 fully saturated rings. The largest absolute Gasteiger partial charge is 0.356 e. The first-order valence-corrected chi connectivity index (χ1v) is 7.41. The lowest BCUT2D eigenvalue weighted by molar-refractivity contribution is 0.568. The molecular formula is C16H28N2. The number of pyridine rings is 1. The second-order valence-corrected chi connectivity index (χ2v) is 5.11. The van der Waals surface area contributed by atoms with E-state index in [2.05, 4.69) is 42.8 Å². The average molecular weight is 248 g/mol. The Morgan fingerprint density at radius 2 is 2.11 bits per heavy atom. The van der Waals surface area contributed by atoms with Crippen molar-refractivity contribution in [2.75, 3.05) is 18.0 Å². The molecular weight excluding hydrogens is 220 g/mol. The van der Waals surface area contributed by atoms with Crippen molar-refractivity contribution >= 4 is 5.82 Å². The summed E-state index contributed by atoms with van der Waals surface area (Å²) in [5, 5.41) is 0. The molecule has 2 heteroatoms. The van der Waals surface area contributed by atoms with Crippen molar-refractivity contribution < 1.29 is 0 Å². The van der Waals surface area contributed by atoms with Gasteiger partial charge < -0.3 is 4.90 Å². The van der Waals surface area contributed by atoms with E-state index in [0.717, 1.165) is 5.92 Å². The Hall–Kier alpha value is -1.05. The first kappa shape index (κ1) is 15.0. The SMILES string of the molecule is CC.CCC1CCN(c2cc(C(C)C)ccn2)C1. The van der Waals surface area contributed by atoms with Crippen LogP contribution in [0.3, 0.4) is 0 Å². The van der Waals surface area contributed by atoms with E-state index >= 15 is 0 Å². The molecule has 0 aliphatic carbocycles. The first-order valence-electron chi connectivity index (χ1n) is 7.41. The fraction of sp³-hybridized carbons (Fsp3) is 0.688. The Labute approximate surface area is 112 Å². The molecule has 2 rings (SSSR count). The molecule has 0 bridgehead atoms. The highest BCUT2D eigenvalue weighted by Crippen LogP contribution is 2.26. The molecule has 1 atom stereocenters. The molecule has 0 spiro atoms. The van der Waals surface area contributed by atoms with Crippen molar-refractivity contribution in [3.63, 3.8) is 0 Å². The summed E-state index contributed by atoms with van der Waals surface area (Å²) in [7, 11) is 0. The highest BCUT2D eigenvalue weighted by atomic mass is 15.2. The molecule has 2 heterocycles. The normalized spacial score (nSPS) is 18.8. The fourth-order valence-electron chi connectivity index (χ4n) is 2.34. The van der Waals surface area contributed by atoms with Crippen molar-refractivity contribution in [1.29, 1.82) is 0 Å². The zero-order valence-corrected chi connectivity index (χ0v) is 12.6. The maximum atomic E-state index is 4.50. The lowest BCUT2D eigenvalue weighted by Gasteiger charge is -2.18. The fourth-order valence-corrected chi connectivity index (χ4v) is 2.34. The number of anilines is 1. The molecule has 1 unspecified atom stereocenters. The third-order valence-electron chi connectivity index (χ3n) is 3.62. The Morgan fingerprint density at radius 1 is 1.39 bits per heavy atom. The second-order valence-electron chi connectivity index (χ2n) is 5.11. The molecule has 0 radical (unpaired) electrons. The summed E-state index contributed by atoms with van der Waals surface area (Å²) in [6.45, 7) is 13.1. The van der Waals surface area contributed by atoms with E-state index in [1.807, 2.05) is 20.0 Å². The van der Waals surface area contributed by atoms with Gasteiger partial charge in [0.2, 0.25) is 0 Å². The molecule has 1 saturated heterocycles. The monoisotopic (exact) mass is 248 g/mol. The van der Waals surface area contributed by atoms with Crippen molar-refractivity contribution in [3.8, 4) is 0 Å². The summed E-state index contributed by atoms with van der Waals surface area (Å²) in [5.74, 6) is 2.62. The van der Waals surface area contributed by atoms with Gasteiger partial charge in [0, 0.05) is 19.3 Å². The first-order chi connectivity index (χ1) is 8.70. The van der Waals surface area contributed by atoms with E-state index in [9.17, 15) is 0 Å². The number of aromatic nitrogens is 1. The summed E-state index contributed by atoms with van der Waals surface area (Å²) in [6.07, 6.45) is 4.56. The maximum Gasteiger partial charge on any atom is 0.128 e. The molecule has 0 saturated carbocycles. The van der Waals surface area contributed by atoms with Crippen molar-refractivity contribution in [2.24, 2.45) is 5.92 Å². The van der Waals surface area contributed by atoms with Gasteiger partial charge in [-0.15, -0.1) is 0 Å². The van der Waals surface area contributed by atoms with Crippen LogP contribution in [0, 0.1) is 5.92 Å². The van der Waals surface area contributed by atoms with Gasteiger partial charge in [0.1, 0.15) is 5.82 Å². The van der Waals surface area contributed by atoms with Gasteiger partial charge in [0.15, 0.2) is 0 Å². The highest BCUT2D eigenvalue weighted by Gasteiger charge is 2.22. The van der Waals surface area contributed by atoms with Crippen LogP contribution in [0.25, 0.3) is 0 Å². The van der Waals surface area contributed by atoms with E-state index in [0.29, 0.717) is 5.92 Å². The topological polar surface area (TPSA) is 16.1 Å². The predicted octanol–water partition coefficient (Wildman–Crippen LogP) is 4.47. The molecule has 1 aliphatic rings. The lowest BCUT2D eigenvalue weighted by Crippen LogP contribution is -2.20. The summed E-state index contributed by atoms with van der Waals surface area (Å²) < 4.78 is 0. The molecule has 1 aliphatic heterocycles. The van der Waals surface area contributed by atoms with Gasteiger partial charge in [-0.2, -0.15) is 0 Å². The molecule has 0 aromatic carbocycles. The summed E-state index contributed by atoms with van der Waals surface area (Å²) in [6, 6.07) is 4.38. The van der Waals surface area contributed by atoms with Crippen LogP contribution in [0.15, 0.2) is 18.3 Å². The van der Waals surface area contributed by atoms with E-state index < -0.39 is 0 Å². The lowest BCUT2D eigenvalue weighted by atomic mass is 10.1. The van der Waals surface area contributed by atoms with Gasteiger partial charge in [0.25, 0.3) is 0 Å². The molecule has 0 N–H and O–H groups in total. The zero-order chi connectivity index (χ0) is 13.5. The van der Waals surface area contributed by atoms with E-state index in [1.165, 1.54) is 37.3 Å². The van der Waals surface area contributed by atoms with Crippen LogP contribution in [-0.4, -0.2) is 18.1 Å². The molecule has 102 valence electrons. The Bertz CT molecular complexity index is 347. The van der Waals surface area contributed by atoms with Crippen molar-refractivity contribution in [1.82, 2.24) is 4.98 Å². The van der Waals surface area contributed by atoms with Crippen LogP contribution >= 0.6 is 0 Å². The molecule has 2 nitrogen and oxygen atoms in total. The maximum absolute atomic E-state index is 4.50. The molecule has 1 aromatic heterocycles. The van der Waals surface area contributed by atoms with Crippen molar-refractivity contribution in [2.45, 2.75) is 53.4 Å². The van der Waals surface area contributed by atoms with Gasteiger partial charge in [-0.05, 0) is 36.0 Å². The van der Waals surface area contributed by atoms with Gasteiger partial charge >= 0.3 is 0 Å². The van der Waals surface area contributed by atoms with Gasteiger partial charge in [-0.1, -0.05) is 41.0 Å². The van der Waals surface area contributed by atoms with E-state index in [1.54, 1.807) is 0 Å². The quantitative estimate of drug-likeness (QED) is 0.784. The third kappa shape index (κ3) is 3.72. The second kappa shape index (κ2) is 7.40. The minimum atomic E-state index is 0.589. The van der Waals surface area contributed by atoms with Crippen molar-refractivity contribution in [3.05, 3.63) is 23.9 Å². The number of hydrogen-bond acceptors (Lipinski definition) is 2. The van der Waals surface area contributed by atoms with Crippen LogP contribution in [0.5, 0.6) is 0 Å². The van der Waals surface area contributed by atoms with E-state index in [4.69, 9.17) is 0 Å². The highest BCUT2D eigenvalue weighted by molar-refractivity contribution is 5.42. The van der Waals surface area contributed by atoms with Crippen LogP contribution in [0.2, 0.25) is 0 Å². The summed E-state index contributed by atoms with van der Waals surface area (Å²) in [4.78, 5) is 6.93. The van der Waals surface area contributed by atoms with Crippen LogP contribution in [-0.2, 0) is 0 Å². The van der Waals surface area contributed by atoms with Gasteiger partial charge in [-0.25, -0.2) is 4.98 Å². The average Bonchev–Trinajstić information content (AvgIpc) is 2.90. The molecule has 0 amide bonds. The summed E-state index contributed by atoms with van der Waals surface area (Å²) in [5.41, 5.74) is 1.39. The zero-order valence-electron chi connectivity index (χ0n) is 12.6. The predicted molar refractivity (Wildman–Crippen MR) is 80.3 cm³/mol. The number of nitrogens with zero attached hydrogens (tertiary/aromatic N) is 2. The molecule has 1 aromatic rings. The minimum absolute atomic E-state index is 0.589. The Balaban J connectivity index is 0.000000771. The third-order valence-corrected chi connectivity index (χ3v) is 3.62. The Morgan fingerprint density at radius 3 is 2.67 bits per heavy atom. The smallest absolute Gasteiger partial charge is 0.128 e.